The van der Waals surface area contributed by atoms with Crippen LogP contribution in [0.3, 0.4) is 0 Å². The number of likely N-dealkylation sites (tertiary alicyclic amines) is 1. The minimum Gasteiger partial charge on any atom is -0.367 e. The lowest BCUT2D eigenvalue weighted by atomic mass is 9.95. The third-order valence-corrected chi connectivity index (χ3v) is 8.03. The smallest absolute Gasteiger partial charge is 0.367 e. The van der Waals surface area contributed by atoms with Crippen molar-refractivity contribution in [1.29, 1.82) is 0 Å². The normalized spacial score (nSPS) is 21.1. The van der Waals surface area contributed by atoms with Crippen LogP contribution in [-0.2, 0) is 20.6 Å². The number of likely N-dealkylation sites (N-methyl/N-ethyl adjacent to an activating group) is 1. The van der Waals surface area contributed by atoms with Gasteiger partial charge in [0.25, 0.3) is 0 Å². The van der Waals surface area contributed by atoms with Gasteiger partial charge < -0.3 is 20.0 Å². The number of pyridine rings is 1. The number of alkyl halides is 3. The maximum absolute atomic E-state index is 15.3. The van der Waals surface area contributed by atoms with E-state index in [-0.39, 0.29) is 42.1 Å². The van der Waals surface area contributed by atoms with Gasteiger partial charge >= 0.3 is 6.18 Å². The topological polar surface area (TPSA) is 89.1 Å². The van der Waals surface area contributed by atoms with Crippen LogP contribution in [0.5, 0.6) is 0 Å². The number of carbonyl (C=O) groups excluding carboxylic acids is 3. The van der Waals surface area contributed by atoms with Gasteiger partial charge in [0.15, 0.2) is 0 Å². The van der Waals surface area contributed by atoms with Crippen LogP contribution in [0.1, 0.15) is 24.1 Å². The molecule has 1 aromatic carbocycles. The predicted octanol–water partition coefficient (Wildman–Crippen LogP) is 3.13. The third kappa shape index (κ3) is 5.57. The van der Waals surface area contributed by atoms with Crippen LogP contribution in [0.25, 0.3) is 0 Å². The Morgan fingerprint density at radius 2 is 1.93 bits per heavy atom. The number of hydrogen-bond donors (Lipinski definition) is 1. The fraction of sp³-hybridized carbons (Fsp3) is 0.448. The molecule has 0 unspecified atom stereocenters. The zero-order chi connectivity index (χ0) is 30.3. The average molecular weight is 589 g/mol. The van der Waals surface area contributed by atoms with Crippen molar-refractivity contribution in [3.63, 3.8) is 0 Å². The number of nitrogens with one attached hydrogen (secondary N) is 1. The number of benzene rings is 1. The Morgan fingerprint density at radius 3 is 2.62 bits per heavy atom. The van der Waals surface area contributed by atoms with Gasteiger partial charge in [0.2, 0.25) is 17.7 Å². The SMILES string of the molecule is C=CC(=O)N1CC(NCCCN2C[C@H]3CC(=O)N(c4cc(C(F)(F)F)cc(C)n4)[C@@H]3C(=O)N(C)c3cccc(F)c32)C1. The van der Waals surface area contributed by atoms with Gasteiger partial charge in [0.1, 0.15) is 17.7 Å². The molecule has 1 aromatic heterocycles. The molecule has 0 aliphatic carbocycles. The molecule has 2 aromatic rings. The fourth-order valence-electron chi connectivity index (χ4n) is 5.96. The van der Waals surface area contributed by atoms with Crippen LogP contribution in [-0.4, -0.2) is 79.5 Å². The van der Waals surface area contributed by atoms with E-state index in [0.29, 0.717) is 38.3 Å². The average Bonchev–Trinajstić information content (AvgIpc) is 3.23. The van der Waals surface area contributed by atoms with Crippen LogP contribution in [0.2, 0.25) is 0 Å². The van der Waals surface area contributed by atoms with E-state index in [4.69, 9.17) is 0 Å². The van der Waals surface area contributed by atoms with Gasteiger partial charge in [-0.15, -0.1) is 0 Å². The molecule has 5 rings (SSSR count). The molecule has 224 valence electrons. The van der Waals surface area contributed by atoms with E-state index in [1.807, 2.05) is 4.90 Å². The van der Waals surface area contributed by atoms with Crippen molar-refractivity contribution in [2.75, 3.05) is 54.5 Å². The number of aryl methyl sites for hydroxylation is 1. The highest BCUT2D eigenvalue weighted by molar-refractivity contribution is 6.10. The van der Waals surface area contributed by atoms with Crippen LogP contribution in [0.4, 0.5) is 34.8 Å². The molecule has 0 spiro atoms. The molecule has 3 aliphatic heterocycles. The Bertz CT molecular complexity index is 1410. The Labute approximate surface area is 240 Å². The van der Waals surface area contributed by atoms with Crippen LogP contribution in [0.15, 0.2) is 43.0 Å². The molecular formula is C29H32F4N6O3. The number of para-hydroxylation sites is 1. The first kappa shape index (κ1) is 29.5. The molecule has 3 aliphatic rings. The first-order chi connectivity index (χ1) is 19.9. The standard InChI is InChI=1S/C29H32F4N6O3/c1-4-24(40)38-15-20(16-38)34-9-6-10-37-14-18-12-25(41)39(23-13-19(29(31,32)33)11-17(2)35-23)26(18)28(42)36(3)22-8-5-7-21(30)27(22)37/h4-5,7-8,11,13,18,20,26,34H,1,6,9-10,12,14-16H2,2-3H3/t18-,26+/m1/s1. The van der Waals surface area contributed by atoms with Crippen LogP contribution < -0.4 is 20.0 Å². The van der Waals surface area contributed by atoms with Gasteiger partial charge in [0.05, 0.1) is 16.9 Å². The van der Waals surface area contributed by atoms with Crippen LogP contribution in [0, 0.1) is 18.7 Å². The van der Waals surface area contributed by atoms with Crippen molar-refractivity contribution in [1.82, 2.24) is 15.2 Å². The van der Waals surface area contributed by atoms with E-state index in [9.17, 15) is 27.6 Å². The van der Waals surface area contributed by atoms with Crippen molar-refractivity contribution >= 4 is 34.9 Å². The van der Waals surface area contributed by atoms with Gasteiger partial charge in [-0.3, -0.25) is 19.3 Å². The maximum Gasteiger partial charge on any atom is 0.416 e. The maximum atomic E-state index is 15.3. The summed E-state index contributed by atoms with van der Waals surface area (Å²) in [5.74, 6) is -2.54. The molecule has 0 saturated carbocycles. The van der Waals surface area contributed by atoms with E-state index in [1.165, 1.54) is 37.1 Å². The lowest BCUT2D eigenvalue weighted by Gasteiger charge is -2.40. The van der Waals surface area contributed by atoms with E-state index >= 15 is 4.39 Å². The molecule has 4 heterocycles. The minimum atomic E-state index is -4.66. The second-order valence-electron chi connectivity index (χ2n) is 10.9. The number of rotatable bonds is 7. The second kappa shape index (κ2) is 11.3. The molecule has 2 fully saturated rings. The highest BCUT2D eigenvalue weighted by Gasteiger charge is 2.49. The first-order valence-electron chi connectivity index (χ1n) is 13.7. The number of carbonyl (C=O) groups is 3. The highest BCUT2D eigenvalue weighted by Crippen LogP contribution is 2.41. The molecule has 9 nitrogen and oxygen atoms in total. The van der Waals surface area contributed by atoms with Gasteiger partial charge in [-0.2, -0.15) is 13.2 Å². The van der Waals surface area contributed by atoms with Crippen molar-refractivity contribution in [3.05, 3.63) is 60.1 Å². The molecule has 3 amide bonds. The Kier molecular flexibility index (Phi) is 7.97. The molecule has 0 radical (unpaired) electrons. The zero-order valence-corrected chi connectivity index (χ0v) is 23.3. The van der Waals surface area contributed by atoms with Crippen molar-refractivity contribution in [2.45, 2.75) is 38.0 Å². The summed E-state index contributed by atoms with van der Waals surface area (Å²) in [4.78, 5) is 48.8. The first-order valence-corrected chi connectivity index (χ1v) is 13.7. The largest absolute Gasteiger partial charge is 0.416 e. The van der Waals surface area contributed by atoms with E-state index in [2.05, 4.69) is 16.9 Å². The quantitative estimate of drug-likeness (QED) is 0.304. The van der Waals surface area contributed by atoms with Crippen molar-refractivity contribution in [3.8, 4) is 0 Å². The van der Waals surface area contributed by atoms with Crippen molar-refractivity contribution < 1.29 is 31.9 Å². The second-order valence-corrected chi connectivity index (χ2v) is 10.9. The van der Waals surface area contributed by atoms with Gasteiger partial charge in [0, 0.05) is 57.3 Å². The summed E-state index contributed by atoms with van der Waals surface area (Å²) in [6.45, 7) is 7.15. The monoisotopic (exact) mass is 588 g/mol. The number of fused-ring (bicyclic) bond motifs is 2. The predicted molar refractivity (Wildman–Crippen MR) is 149 cm³/mol. The molecule has 2 saturated heterocycles. The number of halogens is 4. The fourth-order valence-corrected chi connectivity index (χ4v) is 5.96. The van der Waals surface area contributed by atoms with Gasteiger partial charge in [-0.1, -0.05) is 12.6 Å². The Morgan fingerprint density at radius 1 is 1.19 bits per heavy atom. The Balaban J connectivity index is 1.40. The van der Waals surface area contributed by atoms with Gasteiger partial charge in [-0.05, 0) is 50.2 Å². The van der Waals surface area contributed by atoms with Crippen LogP contribution >= 0.6 is 0 Å². The lowest BCUT2D eigenvalue weighted by molar-refractivity contribution is -0.137. The summed E-state index contributed by atoms with van der Waals surface area (Å²) in [5, 5.41) is 3.38. The molecular weight excluding hydrogens is 556 g/mol. The third-order valence-electron chi connectivity index (χ3n) is 8.03. The minimum absolute atomic E-state index is 0.0627. The summed E-state index contributed by atoms with van der Waals surface area (Å²) < 4.78 is 56.1. The molecule has 2 atom stereocenters. The highest BCUT2D eigenvalue weighted by atomic mass is 19.4. The number of nitrogens with zero attached hydrogens (tertiary/aromatic N) is 5. The summed E-state index contributed by atoms with van der Waals surface area (Å²) in [5.41, 5.74) is -0.362. The number of hydrogen-bond acceptors (Lipinski definition) is 6. The van der Waals surface area contributed by atoms with E-state index < -0.39 is 41.3 Å². The van der Waals surface area contributed by atoms with Gasteiger partial charge in [-0.25, -0.2) is 9.37 Å². The molecule has 1 N–H and O–H groups in total. The summed E-state index contributed by atoms with van der Waals surface area (Å²) in [6.07, 6.45) is -2.89. The Hall–Kier alpha value is -4.00. The molecule has 13 heteroatoms. The van der Waals surface area contributed by atoms with E-state index in [1.54, 1.807) is 11.0 Å². The number of aromatic nitrogens is 1. The lowest BCUT2D eigenvalue weighted by Crippen LogP contribution is -2.59. The molecule has 42 heavy (non-hydrogen) atoms. The zero-order valence-electron chi connectivity index (χ0n) is 23.3. The number of anilines is 3. The molecule has 0 bridgehead atoms. The summed E-state index contributed by atoms with van der Waals surface area (Å²) >= 11 is 0. The summed E-state index contributed by atoms with van der Waals surface area (Å²) in [7, 11) is 1.47. The summed E-state index contributed by atoms with van der Waals surface area (Å²) in [6, 6.07) is 5.11. The van der Waals surface area contributed by atoms with Crippen molar-refractivity contribution in [2.24, 2.45) is 5.92 Å². The van der Waals surface area contributed by atoms with E-state index in [0.717, 1.165) is 17.0 Å². The number of amides is 3.